The van der Waals surface area contributed by atoms with Crippen molar-refractivity contribution in [1.29, 1.82) is 0 Å². The highest BCUT2D eigenvalue weighted by Crippen LogP contribution is 2.45. The number of nitrogens with one attached hydrogen (secondary N) is 1. The van der Waals surface area contributed by atoms with Crippen LogP contribution in [-0.2, 0) is 0 Å². The maximum Gasteiger partial charge on any atom is 0.273 e. The molecular formula is C24H27N3O4. The first kappa shape index (κ1) is 20.8. The van der Waals surface area contributed by atoms with Gasteiger partial charge in [0.1, 0.15) is 17.1 Å². The summed E-state index contributed by atoms with van der Waals surface area (Å²) in [5, 5.41) is 17.8. The number of hydrogen-bond donors (Lipinski definition) is 2. The van der Waals surface area contributed by atoms with Crippen molar-refractivity contribution in [2.45, 2.75) is 32.7 Å². The van der Waals surface area contributed by atoms with Gasteiger partial charge in [0.25, 0.3) is 5.91 Å². The fraction of sp³-hybridized carbons (Fsp3) is 0.333. The zero-order valence-corrected chi connectivity index (χ0v) is 18.0. The number of ether oxygens (including phenoxy) is 2. The topological polar surface area (TPSA) is 87.7 Å². The highest BCUT2D eigenvalue weighted by atomic mass is 16.5. The minimum absolute atomic E-state index is 0.0875. The van der Waals surface area contributed by atoms with Gasteiger partial charge in [-0.1, -0.05) is 31.5 Å². The van der Waals surface area contributed by atoms with E-state index in [-0.39, 0.29) is 17.7 Å². The molecule has 0 bridgehead atoms. The number of para-hydroxylation sites is 1. The number of benzene rings is 2. The summed E-state index contributed by atoms with van der Waals surface area (Å²) in [6, 6.07) is 12.4. The van der Waals surface area contributed by atoms with E-state index in [9.17, 15) is 9.90 Å². The van der Waals surface area contributed by atoms with Gasteiger partial charge in [0.15, 0.2) is 11.5 Å². The fourth-order valence-electron chi connectivity index (χ4n) is 4.11. The molecular weight excluding hydrogens is 394 g/mol. The van der Waals surface area contributed by atoms with E-state index in [1.54, 1.807) is 25.3 Å². The van der Waals surface area contributed by atoms with Crippen LogP contribution in [0.15, 0.2) is 42.5 Å². The van der Waals surface area contributed by atoms with E-state index < -0.39 is 0 Å². The Bertz CT molecular complexity index is 1090. The Labute approximate surface area is 181 Å². The number of nitrogens with zero attached hydrogens (tertiary/aromatic N) is 2. The average Bonchev–Trinajstić information content (AvgIpc) is 3.32. The van der Waals surface area contributed by atoms with Gasteiger partial charge in [-0.25, -0.2) is 0 Å². The fourth-order valence-corrected chi connectivity index (χ4v) is 4.11. The Hall–Kier alpha value is -3.48. The Morgan fingerprint density at radius 1 is 1.16 bits per heavy atom. The van der Waals surface area contributed by atoms with Gasteiger partial charge in [-0.05, 0) is 43.2 Å². The first-order valence-electron chi connectivity index (χ1n) is 10.6. The lowest BCUT2D eigenvalue weighted by molar-refractivity contribution is 0.0741. The highest BCUT2D eigenvalue weighted by Gasteiger charge is 2.42. The van der Waals surface area contributed by atoms with Crippen molar-refractivity contribution in [2.75, 3.05) is 20.3 Å². The number of rotatable bonds is 8. The van der Waals surface area contributed by atoms with Crippen LogP contribution in [0.3, 0.4) is 0 Å². The molecule has 1 amide bonds. The Kier molecular flexibility index (Phi) is 5.84. The van der Waals surface area contributed by atoms with Crippen LogP contribution < -0.4 is 9.47 Å². The smallest absolute Gasteiger partial charge is 0.273 e. The van der Waals surface area contributed by atoms with Crippen molar-refractivity contribution in [3.8, 4) is 28.5 Å². The number of aromatic amines is 1. The SMILES string of the molecule is CCCCN1C(=O)c2[nH]nc(-c3ccccc3O)c2[C@@H]1c1ccc(OCC)c(OC)c1. The number of phenols is 1. The predicted octanol–water partition coefficient (Wildman–Crippen LogP) is 4.53. The van der Waals surface area contributed by atoms with Crippen molar-refractivity contribution in [3.05, 3.63) is 59.3 Å². The van der Waals surface area contributed by atoms with Gasteiger partial charge >= 0.3 is 0 Å². The van der Waals surface area contributed by atoms with Crippen molar-refractivity contribution in [2.24, 2.45) is 0 Å². The van der Waals surface area contributed by atoms with E-state index in [0.717, 1.165) is 24.0 Å². The lowest BCUT2D eigenvalue weighted by Gasteiger charge is -2.27. The van der Waals surface area contributed by atoms with Gasteiger partial charge < -0.3 is 19.5 Å². The number of H-pyrrole nitrogens is 1. The highest BCUT2D eigenvalue weighted by molar-refractivity contribution is 6.00. The van der Waals surface area contributed by atoms with Gasteiger partial charge in [0.05, 0.1) is 19.8 Å². The van der Waals surface area contributed by atoms with Crippen LogP contribution >= 0.6 is 0 Å². The molecule has 0 fully saturated rings. The number of fused-ring (bicyclic) bond motifs is 1. The monoisotopic (exact) mass is 421 g/mol. The van der Waals surface area contributed by atoms with Crippen LogP contribution in [-0.4, -0.2) is 46.4 Å². The maximum atomic E-state index is 13.3. The van der Waals surface area contributed by atoms with Crippen molar-refractivity contribution in [3.63, 3.8) is 0 Å². The van der Waals surface area contributed by atoms with E-state index in [2.05, 4.69) is 17.1 Å². The molecule has 7 nitrogen and oxygen atoms in total. The second-order valence-electron chi connectivity index (χ2n) is 7.48. The minimum Gasteiger partial charge on any atom is -0.507 e. The molecule has 0 spiro atoms. The van der Waals surface area contributed by atoms with Crippen LogP contribution in [0, 0.1) is 0 Å². The molecule has 1 aliphatic rings. The molecule has 0 saturated heterocycles. The molecule has 2 aromatic carbocycles. The number of aromatic nitrogens is 2. The van der Waals surface area contributed by atoms with Crippen molar-refractivity contribution < 1.29 is 19.4 Å². The minimum atomic E-state index is -0.341. The van der Waals surface area contributed by atoms with Gasteiger partial charge in [-0.2, -0.15) is 5.10 Å². The standard InChI is InChI=1S/C24H27N3O4/c1-4-6-13-27-23(15-11-12-18(31-5-2)19(14-15)30-3)20-21(25-26-22(20)24(27)29)16-9-7-8-10-17(16)28/h7-12,14,23,28H,4-6,13H2,1-3H3,(H,25,26)/t23-/m0/s1. The molecule has 0 radical (unpaired) electrons. The van der Waals surface area contributed by atoms with Crippen LogP contribution in [0.25, 0.3) is 11.3 Å². The molecule has 0 saturated carbocycles. The summed E-state index contributed by atoms with van der Waals surface area (Å²) in [7, 11) is 1.60. The predicted molar refractivity (Wildman–Crippen MR) is 118 cm³/mol. The number of hydrogen-bond acceptors (Lipinski definition) is 5. The average molecular weight is 421 g/mol. The lowest BCUT2D eigenvalue weighted by atomic mass is 9.95. The molecule has 1 aliphatic heterocycles. The number of aromatic hydroxyl groups is 1. The summed E-state index contributed by atoms with van der Waals surface area (Å²) in [6.07, 6.45) is 1.86. The molecule has 3 aromatic rings. The van der Waals surface area contributed by atoms with Gasteiger partial charge in [-0.15, -0.1) is 0 Å². The first-order valence-corrected chi connectivity index (χ1v) is 10.6. The second-order valence-corrected chi connectivity index (χ2v) is 7.48. The molecule has 0 unspecified atom stereocenters. The van der Waals surface area contributed by atoms with Gasteiger partial charge in [0, 0.05) is 17.7 Å². The molecule has 2 heterocycles. The van der Waals surface area contributed by atoms with Crippen LogP contribution in [0.5, 0.6) is 17.2 Å². The molecule has 162 valence electrons. The molecule has 4 rings (SSSR count). The Balaban J connectivity index is 1.87. The van der Waals surface area contributed by atoms with Crippen LogP contribution in [0.2, 0.25) is 0 Å². The third-order valence-electron chi connectivity index (χ3n) is 5.58. The van der Waals surface area contributed by atoms with E-state index in [0.29, 0.717) is 41.6 Å². The molecule has 0 aliphatic carbocycles. The van der Waals surface area contributed by atoms with Crippen LogP contribution in [0.4, 0.5) is 0 Å². The molecule has 2 N–H and O–H groups in total. The number of amides is 1. The quantitative estimate of drug-likeness (QED) is 0.558. The summed E-state index contributed by atoms with van der Waals surface area (Å²) >= 11 is 0. The number of carbonyl (C=O) groups is 1. The van der Waals surface area contributed by atoms with Crippen LogP contribution in [0.1, 0.15) is 54.3 Å². The Morgan fingerprint density at radius 2 is 1.97 bits per heavy atom. The summed E-state index contributed by atoms with van der Waals surface area (Å²) in [4.78, 5) is 15.1. The van der Waals surface area contributed by atoms with E-state index in [1.807, 2.05) is 36.1 Å². The zero-order valence-electron chi connectivity index (χ0n) is 18.0. The Morgan fingerprint density at radius 3 is 2.68 bits per heavy atom. The molecule has 1 atom stereocenters. The third kappa shape index (κ3) is 3.60. The largest absolute Gasteiger partial charge is 0.507 e. The van der Waals surface area contributed by atoms with E-state index in [1.165, 1.54) is 0 Å². The third-order valence-corrected chi connectivity index (χ3v) is 5.58. The molecule has 7 heteroatoms. The second kappa shape index (κ2) is 8.71. The number of phenolic OH excluding ortho intramolecular Hbond substituents is 1. The number of carbonyl (C=O) groups excluding carboxylic acids is 1. The zero-order chi connectivity index (χ0) is 22.0. The summed E-state index contributed by atoms with van der Waals surface area (Å²) in [6.45, 7) is 5.18. The van der Waals surface area contributed by atoms with Gasteiger partial charge in [0.2, 0.25) is 0 Å². The lowest BCUT2D eigenvalue weighted by Crippen LogP contribution is -2.30. The van der Waals surface area contributed by atoms with Gasteiger partial charge in [-0.3, -0.25) is 9.89 Å². The number of unbranched alkanes of at least 4 members (excludes halogenated alkanes) is 1. The normalized spacial score (nSPS) is 15.3. The van der Waals surface area contributed by atoms with E-state index >= 15 is 0 Å². The summed E-state index contributed by atoms with van der Waals surface area (Å²) < 4.78 is 11.2. The van der Waals surface area contributed by atoms with Crippen molar-refractivity contribution >= 4 is 5.91 Å². The number of methoxy groups -OCH3 is 1. The summed E-state index contributed by atoms with van der Waals surface area (Å²) in [5.41, 5.74) is 3.31. The maximum absolute atomic E-state index is 13.3. The molecule has 1 aromatic heterocycles. The first-order chi connectivity index (χ1) is 15.1. The molecule has 31 heavy (non-hydrogen) atoms. The van der Waals surface area contributed by atoms with E-state index in [4.69, 9.17) is 9.47 Å². The van der Waals surface area contributed by atoms with Crippen molar-refractivity contribution in [1.82, 2.24) is 15.1 Å². The summed E-state index contributed by atoms with van der Waals surface area (Å²) in [5.74, 6) is 1.31.